The molecule has 0 atom stereocenters. The van der Waals surface area contributed by atoms with E-state index in [-0.39, 0.29) is 0 Å². The molecule has 5 heteroatoms. The van der Waals surface area contributed by atoms with Crippen molar-refractivity contribution in [3.8, 4) is 11.5 Å². The van der Waals surface area contributed by atoms with E-state index in [2.05, 4.69) is 15.1 Å². The Hall–Kier alpha value is -2.69. The summed E-state index contributed by atoms with van der Waals surface area (Å²) in [5.41, 5.74) is 2.40. The summed E-state index contributed by atoms with van der Waals surface area (Å²) in [5, 5.41) is 5.41. The van der Waals surface area contributed by atoms with Crippen LogP contribution in [0.25, 0.3) is 28.1 Å². The number of nitrogens with zero attached hydrogens (tertiary/aromatic N) is 4. The van der Waals surface area contributed by atoms with Crippen molar-refractivity contribution in [1.29, 1.82) is 0 Å². The van der Waals surface area contributed by atoms with Gasteiger partial charge in [0.2, 0.25) is 0 Å². The largest absolute Gasteiger partial charge is 0.454 e. The molecule has 4 heterocycles. The predicted molar refractivity (Wildman–Crippen MR) is 66.0 cm³/mol. The smallest absolute Gasteiger partial charge is 0.155 e. The lowest BCUT2D eigenvalue weighted by molar-refractivity contribution is 0.626. The highest BCUT2D eigenvalue weighted by Crippen LogP contribution is 2.25. The maximum atomic E-state index is 5.74. The average Bonchev–Trinajstić information content (AvgIpc) is 3.04. The first kappa shape index (κ1) is 9.35. The molecule has 0 saturated carbocycles. The number of hydrogen-bond acceptors (Lipinski definition) is 4. The molecule has 0 aliphatic rings. The maximum absolute atomic E-state index is 5.74. The molecule has 0 radical (unpaired) electrons. The molecule has 0 unspecified atom stereocenters. The van der Waals surface area contributed by atoms with Crippen LogP contribution in [0.2, 0.25) is 0 Å². The normalized spacial score (nSPS) is 11.3. The number of rotatable bonds is 1. The first-order chi connectivity index (χ1) is 8.90. The fourth-order valence-corrected chi connectivity index (χ4v) is 1.96. The van der Waals surface area contributed by atoms with Gasteiger partial charge in [0.05, 0.1) is 0 Å². The fourth-order valence-electron chi connectivity index (χ4n) is 1.96. The van der Waals surface area contributed by atoms with Crippen molar-refractivity contribution in [1.82, 2.24) is 19.6 Å². The highest BCUT2D eigenvalue weighted by atomic mass is 16.3. The molecule has 4 aromatic heterocycles. The Morgan fingerprint density at radius 1 is 1.11 bits per heavy atom. The topological polar surface area (TPSA) is 56.2 Å². The Labute approximate surface area is 102 Å². The summed E-state index contributed by atoms with van der Waals surface area (Å²) in [6, 6.07) is 7.59. The van der Waals surface area contributed by atoms with Gasteiger partial charge in [-0.15, -0.1) is 0 Å². The monoisotopic (exact) mass is 236 g/mol. The molecular formula is C13H8N4O. The number of hydrogen-bond donors (Lipinski definition) is 0. The van der Waals surface area contributed by atoms with E-state index in [9.17, 15) is 0 Å². The Kier molecular flexibility index (Phi) is 1.77. The third-order valence-electron chi connectivity index (χ3n) is 2.82. The molecule has 4 rings (SSSR count). The summed E-state index contributed by atoms with van der Waals surface area (Å²) in [6.45, 7) is 0. The molecule has 18 heavy (non-hydrogen) atoms. The number of aromatic nitrogens is 4. The number of furan rings is 1. The van der Waals surface area contributed by atoms with E-state index in [0.29, 0.717) is 0 Å². The zero-order valence-electron chi connectivity index (χ0n) is 9.32. The molecule has 0 aromatic carbocycles. The molecule has 0 fully saturated rings. The standard InChI is InChI=1S/C13H8N4O/c1-2-13-15-5-6-17(13)16-10(1)12-7-9-8-14-4-3-11(9)18-12/h1-8H. The van der Waals surface area contributed by atoms with Gasteiger partial charge in [-0.1, -0.05) is 0 Å². The molecule has 5 nitrogen and oxygen atoms in total. The SMILES string of the molecule is c1cc2oc(-c3ccc4nccn4n3)cc2cn1. The first-order valence-corrected chi connectivity index (χ1v) is 5.54. The van der Waals surface area contributed by atoms with Crippen molar-refractivity contribution in [2.24, 2.45) is 0 Å². The fraction of sp³-hybridized carbons (Fsp3) is 0. The maximum Gasteiger partial charge on any atom is 0.155 e. The summed E-state index contributed by atoms with van der Waals surface area (Å²) >= 11 is 0. The molecule has 0 saturated heterocycles. The van der Waals surface area contributed by atoms with Crippen molar-refractivity contribution in [3.05, 3.63) is 49.1 Å². The van der Waals surface area contributed by atoms with E-state index in [0.717, 1.165) is 28.1 Å². The number of pyridine rings is 1. The van der Waals surface area contributed by atoms with Crippen LogP contribution in [0.4, 0.5) is 0 Å². The van der Waals surface area contributed by atoms with Crippen LogP contribution in [-0.2, 0) is 0 Å². The Balaban J connectivity index is 1.94. The van der Waals surface area contributed by atoms with Gasteiger partial charge in [-0.2, -0.15) is 5.10 Å². The summed E-state index contributed by atoms with van der Waals surface area (Å²) < 4.78 is 7.47. The minimum absolute atomic E-state index is 0.730. The van der Waals surface area contributed by atoms with Crippen molar-refractivity contribution < 1.29 is 4.42 Å². The van der Waals surface area contributed by atoms with Gasteiger partial charge in [-0.05, 0) is 24.3 Å². The van der Waals surface area contributed by atoms with Crippen LogP contribution in [0.15, 0.2) is 53.5 Å². The van der Waals surface area contributed by atoms with Crippen LogP contribution in [0.5, 0.6) is 0 Å². The lowest BCUT2D eigenvalue weighted by Crippen LogP contribution is -1.91. The minimum atomic E-state index is 0.730. The second-order valence-corrected chi connectivity index (χ2v) is 3.97. The lowest BCUT2D eigenvalue weighted by Gasteiger charge is -1.96. The van der Waals surface area contributed by atoms with Gasteiger partial charge in [0.1, 0.15) is 11.3 Å². The Morgan fingerprint density at radius 2 is 2.11 bits per heavy atom. The van der Waals surface area contributed by atoms with Gasteiger partial charge in [-0.3, -0.25) is 4.98 Å². The first-order valence-electron chi connectivity index (χ1n) is 5.54. The molecule has 0 N–H and O–H groups in total. The Bertz CT molecular complexity index is 813. The van der Waals surface area contributed by atoms with Gasteiger partial charge in [0.25, 0.3) is 0 Å². The average molecular weight is 236 g/mol. The molecule has 4 aromatic rings. The van der Waals surface area contributed by atoms with Crippen LogP contribution >= 0.6 is 0 Å². The van der Waals surface area contributed by atoms with Gasteiger partial charge in [0.15, 0.2) is 11.4 Å². The van der Waals surface area contributed by atoms with Crippen molar-refractivity contribution >= 4 is 16.6 Å². The molecule has 0 spiro atoms. The quantitative estimate of drug-likeness (QED) is 0.509. The Morgan fingerprint density at radius 3 is 3.06 bits per heavy atom. The van der Waals surface area contributed by atoms with Crippen LogP contribution in [0.3, 0.4) is 0 Å². The predicted octanol–water partition coefficient (Wildman–Crippen LogP) is 2.54. The zero-order valence-corrected chi connectivity index (χ0v) is 9.32. The highest BCUT2D eigenvalue weighted by molar-refractivity contribution is 5.81. The van der Waals surface area contributed by atoms with E-state index in [1.807, 2.05) is 30.5 Å². The second-order valence-electron chi connectivity index (χ2n) is 3.97. The highest BCUT2D eigenvalue weighted by Gasteiger charge is 2.08. The third-order valence-corrected chi connectivity index (χ3v) is 2.82. The van der Waals surface area contributed by atoms with Gasteiger partial charge in [0, 0.05) is 30.2 Å². The van der Waals surface area contributed by atoms with Crippen molar-refractivity contribution in [2.75, 3.05) is 0 Å². The van der Waals surface area contributed by atoms with E-state index in [1.165, 1.54) is 0 Å². The summed E-state index contributed by atoms with van der Waals surface area (Å²) in [4.78, 5) is 8.22. The van der Waals surface area contributed by atoms with Gasteiger partial charge < -0.3 is 4.42 Å². The number of imidazole rings is 1. The zero-order chi connectivity index (χ0) is 11.9. The third kappa shape index (κ3) is 1.31. The van der Waals surface area contributed by atoms with E-state index in [4.69, 9.17) is 4.42 Å². The second kappa shape index (κ2) is 3.40. The molecule has 0 aliphatic heterocycles. The van der Waals surface area contributed by atoms with Gasteiger partial charge >= 0.3 is 0 Å². The summed E-state index contributed by atoms with van der Waals surface area (Å²) in [5.74, 6) is 0.730. The number of fused-ring (bicyclic) bond motifs is 2. The molecule has 0 amide bonds. The van der Waals surface area contributed by atoms with Crippen LogP contribution in [0.1, 0.15) is 0 Å². The van der Waals surface area contributed by atoms with Gasteiger partial charge in [-0.25, -0.2) is 9.50 Å². The van der Waals surface area contributed by atoms with E-state index in [1.54, 1.807) is 23.1 Å². The minimum Gasteiger partial charge on any atom is -0.454 e. The van der Waals surface area contributed by atoms with Crippen LogP contribution in [-0.4, -0.2) is 19.6 Å². The summed E-state index contributed by atoms with van der Waals surface area (Å²) in [7, 11) is 0. The van der Waals surface area contributed by atoms with E-state index >= 15 is 0 Å². The van der Waals surface area contributed by atoms with Crippen molar-refractivity contribution in [3.63, 3.8) is 0 Å². The summed E-state index contributed by atoms with van der Waals surface area (Å²) in [6.07, 6.45) is 7.01. The molecule has 0 aliphatic carbocycles. The molecule has 0 bridgehead atoms. The molecular weight excluding hydrogens is 228 g/mol. The van der Waals surface area contributed by atoms with Crippen molar-refractivity contribution in [2.45, 2.75) is 0 Å². The van der Waals surface area contributed by atoms with Crippen LogP contribution < -0.4 is 0 Å². The van der Waals surface area contributed by atoms with Crippen LogP contribution in [0, 0.1) is 0 Å². The van der Waals surface area contributed by atoms with E-state index < -0.39 is 0 Å². The lowest BCUT2D eigenvalue weighted by atomic mass is 10.3. The molecule has 86 valence electrons.